The van der Waals surface area contributed by atoms with Gasteiger partial charge < -0.3 is 0 Å². The Morgan fingerprint density at radius 1 is 0.273 bits per heavy atom. The van der Waals surface area contributed by atoms with E-state index < -0.39 is 5.41 Å². The fourth-order valence-corrected chi connectivity index (χ4v) is 8.32. The summed E-state index contributed by atoms with van der Waals surface area (Å²) in [5, 5.41) is 0. The third-order valence-corrected chi connectivity index (χ3v) is 10.8. The Morgan fingerprint density at radius 3 is 1.24 bits per heavy atom. The van der Waals surface area contributed by atoms with Crippen LogP contribution in [0.15, 0.2) is 212 Å². The van der Waals surface area contributed by atoms with E-state index in [1.165, 1.54) is 33.4 Å². The largest absolute Gasteiger partial charge is 0.208 e. The van der Waals surface area contributed by atoms with Gasteiger partial charge in [-0.25, -0.2) is 15.0 Å². The van der Waals surface area contributed by atoms with E-state index in [-0.39, 0.29) is 0 Å². The molecule has 1 aliphatic rings. The van der Waals surface area contributed by atoms with Crippen molar-refractivity contribution in [3.63, 3.8) is 0 Å². The Kier molecular flexibility index (Phi) is 8.04. The summed E-state index contributed by atoms with van der Waals surface area (Å²) in [4.78, 5) is 15.8. The van der Waals surface area contributed by atoms with Crippen molar-refractivity contribution >= 4 is 0 Å². The van der Waals surface area contributed by atoms with E-state index in [0.717, 1.165) is 38.9 Å². The maximum absolute atomic E-state index is 5.36. The first-order valence-electron chi connectivity index (χ1n) is 18.7. The fourth-order valence-electron chi connectivity index (χ4n) is 8.32. The first-order chi connectivity index (χ1) is 27.3. The van der Waals surface area contributed by atoms with Gasteiger partial charge in [-0.1, -0.05) is 200 Å². The zero-order chi connectivity index (χ0) is 36.6. The van der Waals surface area contributed by atoms with Crippen LogP contribution in [0.2, 0.25) is 0 Å². The van der Waals surface area contributed by atoms with Crippen LogP contribution in [0.1, 0.15) is 22.3 Å². The van der Waals surface area contributed by atoms with Crippen molar-refractivity contribution in [3.05, 3.63) is 235 Å². The molecule has 0 saturated carbocycles. The summed E-state index contributed by atoms with van der Waals surface area (Å²) in [6, 6.07) is 75.2. The SMILES string of the molecule is c1ccc(-c2ccc(-c3nc(-c4ccccc4)nc(-c4cc(-c5ccccc5)cc5c4-c4ccccc4C5(c4ccccc4)c4ccccc4)n3)cc2)cc1. The molecule has 0 radical (unpaired) electrons. The van der Waals surface area contributed by atoms with Crippen LogP contribution in [-0.4, -0.2) is 15.0 Å². The van der Waals surface area contributed by atoms with Crippen molar-refractivity contribution in [1.82, 2.24) is 15.0 Å². The zero-order valence-corrected chi connectivity index (χ0v) is 30.0. The normalized spacial score (nSPS) is 12.5. The highest BCUT2D eigenvalue weighted by Gasteiger charge is 2.47. The highest BCUT2D eigenvalue weighted by Crippen LogP contribution is 2.59. The third-order valence-electron chi connectivity index (χ3n) is 10.8. The van der Waals surface area contributed by atoms with Crippen molar-refractivity contribution < 1.29 is 0 Å². The zero-order valence-electron chi connectivity index (χ0n) is 30.0. The minimum Gasteiger partial charge on any atom is -0.208 e. The van der Waals surface area contributed by atoms with Gasteiger partial charge in [0.2, 0.25) is 0 Å². The maximum atomic E-state index is 5.36. The highest BCUT2D eigenvalue weighted by molar-refractivity contribution is 5.97. The lowest BCUT2D eigenvalue weighted by molar-refractivity contribution is 0.769. The molecule has 9 aromatic rings. The summed E-state index contributed by atoms with van der Waals surface area (Å²) < 4.78 is 0. The summed E-state index contributed by atoms with van der Waals surface area (Å²) in [5.74, 6) is 1.90. The molecule has 0 saturated heterocycles. The molecule has 0 N–H and O–H groups in total. The molecule has 10 rings (SSSR count). The topological polar surface area (TPSA) is 38.7 Å². The predicted molar refractivity (Wildman–Crippen MR) is 224 cm³/mol. The van der Waals surface area contributed by atoms with Crippen LogP contribution >= 0.6 is 0 Å². The molecule has 55 heavy (non-hydrogen) atoms. The third kappa shape index (κ3) is 5.57. The number of aromatic nitrogens is 3. The van der Waals surface area contributed by atoms with Gasteiger partial charge in [-0.05, 0) is 67.8 Å². The second kappa shape index (κ2) is 13.6. The van der Waals surface area contributed by atoms with E-state index in [1.54, 1.807) is 0 Å². The Morgan fingerprint density at radius 2 is 0.673 bits per heavy atom. The van der Waals surface area contributed by atoms with Crippen LogP contribution in [0.3, 0.4) is 0 Å². The number of benzene rings is 8. The molecule has 1 aliphatic carbocycles. The van der Waals surface area contributed by atoms with E-state index in [2.05, 4.69) is 188 Å². The maximum Gasteiger partial charge on any atom is 0.164 e. The quantitative estimate of drug-likeness (QED) is 0.166. The number of fused-ring (bicyclic) bond motifs is 3. The Hall–Kier alpha value is -7.23. The van der Waals surface area contributed by atoms with E-state index in [1.807, 2.05) is 24.3 Å². The smallest absolute Gasteiger partial charge is 0.164 e. The van der Waals surface area contributed by atoms with Gasteiger partial charge in [0.1, 0.15) is 0 Å². The summed E-state index contributed by atoms with van der Waals surface area (Å²) >= 11 is 0. The van der Waals surface area contributed by atoms with Crippen LogP contribution in [0, 0.1) is 0 Å². The number of nitrogens with zero attached hydrogens (tertiary/aromatic N) is 3. The Bertz CT molecular complexity index is 2730. The molecule has 0 unspecified atom stereocenters. The van der Waals surface area contributed by atoms with Crippen molar-refractivity contribution in [2.45, 2.75) is 5.41 Å². The van der Waals surface area contributed by atoms with Crippen LogP contribution < -0.4 is 0 Å². The average molecular weight is 702 g/mol. The lowest BCUT2D eigenvalue weighted by Crippen LogP contribution is -2.28. The summed E-state index contributed by atoms with van der Waals surface area (Å²) in [5.41, 5.74) is 14.0. The summed E-state index contributed by atoms with van der Waals surface area (Å²) in [7, 11) is 0. The molecule has 8 aromatic carbocycles. The Balaban J connectivity index is 1.28. The summed E-state index contributed by atoms with van der Waals surface area (Å²) in [6.45, 7) is 0. The molecule has 3 nitrogen and oxygen atoms in total. The molecule has 3 heteroatoms. The van der Waals surface area contributed by atoms with Crippen molar-refractivity contribution in [3.8, 4) is 67.5 Å². The van der Waals surface area contributed by atoms with Crippen molar-refractivity contribution in [1.29, 1.82) is 0 Å². The lowest BCUT2D eigenvalue weighted by atomic mass is 9.67. The van der Waals surface area contributed by atoms with Crippen LogP contribution in [-0.2, 0) is 5.41 Å². The van der Waals surface area contributed by atoms with E-state index in [0.29, 0.717) is 17.5 Å². The van der Waals surface area contributed by atoms with Crippen molar-refractivity contribution in [2.24, 2.45) is 0 Å². The molecular weight excluding hydrogens is 667 g/mol. The van der Waals surface area contributed by atoms with Gasteiger partial charge in [0.05, 0.1) is 5.41 Å². The highest BCUT2D eigenvalue weighted by atomic mass is 15.0. The fraction of sp³-hybridized carbons (Fsp3) is 0.0192. The van der Waals surface area contributed by atoms with Gasteiger partial charge in [0.15, 0.2) is 17.5 Å². The van der Waals surface area contributed by atoms with E-state index in [4.69, 9.17) is 15.0 Å². The first kappa shape index (κ1) is 32.4. The van der Waals surface area contributed by atoms with Gasteiger partial charge in [0, 0.05) is 16.7 Å². The molecule has 0 fully saturated rings. The van der Waals surface area contributed by atoms with Gasteiger partial charge in [-0.15, -0.1) is 0 Å². The summed E-state index contributed by atoms with van der Waals surface area (Å²) in [6.07, 6.45) is 0. The molecular formula is C52H35N3. The monoisotopic (exact) mass is 701 g/mol. The number of rotatable bonds is 7. The van der Waals surface area contributed by atoms with Gasteiger partial charge in [-0.2, -0.15) is 0 Å². The van der Waals surface area contributed by atoms with Crippen LogP contribution in [0.4, 0.5) is 0 Å². The van der Waals surface area contributed by atoms with Crippen LogP contribution in [0.25, 0.3) is 67.5 Å². The van der Waals surface area contributed by atoms with Gasteiger partial charge >= 0.3 is 0 Å². The average Bonchev–Trinajstić information content (AvgIpc) is 3.58. The minimum absolute atomic E-state index is 0.584. The molecule has 0 amide bonds. The van der Waals surface area contributed by atoms with Crippen molar-refractivity contribution in [2.75, 3.05) is 0 Å². The molecule has 0 aliphatic heterocycles. The molecule has 258 valence electrons. The minimum atomic E-state index is -0.584. The molecule has 0 spiro atoms. The van der Waals surface area contributed by atoms with Gasteiger partial charge in [0.25, 0.3) is 0 Å². The molecule has 0 atom stereocenters. The second-order valence-corrected chi connectivity index (χ2v) is 14.0. The second-order valence-electron chi connectivity index (χ2n) is 14.0. The predicted octanol–water partition coefficient (Wildman–Crippen LogP) is 12.6. The molecule has 1 aromatic heterocycles. The Labute approximate surface area is 321 Å². The number of hydrogen-bond acceptors (Lipinski definition) is 3. The first-order valence-corrected chi connectivity index (χ1v) is 18.7. The standard InChI is InChI=1S/C52H35N3/c1-6-18-36(19-7-1)38-30-32-40(33-31-38)50-53-49(39-22-10-3-11-23-39)54-51(55-50)45-34-41(37-20-8-2-9-21-37)35-47-48(45)44-28-16-17-29-46(44)52(47,42-24-12-4-13-25-42)43-26-14-5-15-27-43/h1-35H. The lowest BCUT2D eigenvalue weighted by Gasteiger charge is -2.34. The number of hydrogen-bond donors (Lipinski definition) is 0. The molecule has 0 bridgehead atoms. The van der Waals surface area contributed by atoms with E-state index >= 15 is 0 Å². The molecule has 1 heterocycles. The van der Waals surface area contributed by atoms with Gasteiger partial charge in [-0.3, -0.25) is 0 Å². The van der Waals surface area contributed by atoms with E-state index in [9.17, 15) is 0 Å². The van der Waals surface area contributed by atoms with Crippen LogP contribution in [0.5, 0.6) is 0 Å².